The Labute approximate surface area is 413 Å². The molecule has 0 aliphatic heterocycles. The maximum absolute atomic E-state index is 12.7. The second-order valence-electron chi connectivity index (χ2n) is 21.1. The largest absolute Gasteiger partial charge is 0.507 e. The van der Waals surface area contributed by atoms with Crippen molar-refractivity contribution in [2.24, 2.45) is 0 Å². The van der Waals surface area contributed by atoms with Crippen LogP contribution in [-0.4, -0.2) is 19.6 Å². The number of hydrogen-bond acceptors (Lipinski definition) is 4. The van der Waals surface area contributed by atoms with Gasteiger partial charge >= 0.3 is 0 Å². The number of phenols is 1. The summed E-state index contributed by atoms with van der Waals surface area (Å²) in [6.07, 6.45) is 0. The fourth-order valence-electron chi connectivity index (χ4n) is 10.2. The minimum Gasteiger partial charge on any atom is -0.507 e. The summed E-state index contributed by atoms with van der Waals surface area (Å²) in [5.74, 6) is 1.30. The van der Waals surface area contributed by atoms with Crippen LogP contribution in [0.3, 0.4) is 0 Å². The van der Waals surface area contributed by atoms with Crippen molar-refractivity contribution in [2.45, 2.75) is 91.9 Å². The Balaban J connectivity index is 0.00000539. The Morgan fingerprint density at radius 1 is 0.559 bits per heavy atom. The fraction of sp³-hybridized carbons (Fsp3) is 0.226. The SMILES string of the molecule is CC(C)c1cc(-c2ccccc2)cc(C(C)C)c1-n1c(-c2cc(C(C)(C)C)cc(C(C)(C)C)c2O)nc2c(-c3ccc4c5ccccc5c5cc6c([c-]c5c4n3)oc3ccccc36)cccc21.[Pt]. The molecule has 5 nitrogen and oxygen atoms in total. The molecule has 1 N–H and O–H groups in total. The first-order valence-corrected chi connectivity index (χ1v) is 23.7. The Morgan fingerprint density at radius 2 is 1.21 bits per heavy atom. The van der Waals surface area contributed by atoms with Crippen LogP contribution in [0.15, 0.2) is 144 Å². The topological polar surface area (TPSA) is 64.1 Å². The predicted molar refractivity (Wildman–Crippen MR) is 281 cm³/mol. The molecule has 0 unspecified atom stereocenters. The number of furan rings is 1. The van der Waals surface area contributed by atoms with Crippen LogP contribution in [0.5, 0.6) is 5.75 Å². The summed E-state index contributed by atoms with van der Waals surface area (Å²) in [6.45, 7) is 22.3. The Bertz CT molecular complexity index is 3760. The minimum atomic E-state index is -0.335. The zero-order valence-electron chi connectivity index (χ0n) is 40.4. The Hall–Kier alpha value is -6.55. The molecule has 0 amide bonds. The smallest absolute Gasteiger partial charge is 0.149 e. The van der Waals surface area contributed by atoms with E-state index in [1.165, 1.54) is 22.3 Å². The van der Waals surface area contributed by atoms with Gasteiger partial charge < -0.3 is 9.52 Å². The molecule has 0 saturated carbocycles. The first-order valence-electron chi connectivity index (χ1n) is 23.7. The summed E-state index contributed by atoms with van der Waals surface area (Å²) in [5, 5.41) is 20.1. The average molecular weight is 1070 g/mol. The van der Waals surface area contributed by atoms with Gasteiger partial charge in [-0.1, -0.05) is 189 Å². The molecule has 6 heteroatoms. The van der Waals surface area contributed by atoms with Crippen molar-refractivity contribution in [3.05, 3.63) is 168 Å². The van der Waals surface area contributed by atoms with Crippen molar-refractivity contribution in [3.8, 4) is 45.2 Å². The molecular weight excluding hydrogens is 1010 g/mol. The number of imidazole rings is 1. The van der Waals surface area contributed by atoms with Gasteiger partial charge in [-0.3, -0.25) is 9.55 Å². The number of benzene rings is 8. The molecular formula is C62H56N3O2Pt-. The summed E-state index contributed by atoms with van der Waals surface area (Å²) < 4.78 is 8.78. The van der Waals surface area contributed by atoms with Gasteiger partial charge in [0.1, 0.15) is 17.2 Å². The second-order valence-corrected chi connectivity index (χ2v) is 21.1. The Morgan fingerprint density at radius 3 is 1.87 bits per heavy atom. The number of phenolic OH excluding ortho intramolecular Hbond substituents is 1. The third-order valence-electron chi connectivity index (χ3n) is 13.8. The van der Waals surface area contributed by atoms with Gasteiger partial charge in [-0.15, -0.1) is 11.5 Å². The van der Waals surface area contributed by atoms with E-state index in [1.54, 1.807) is 0 Å². The summed E-state index contributed by atoms with van der Waals surface area (Å²) in [7, 11) is 0. The van der Waals surface area contributed by atoms with Gasteiger partial charge in [0.2, 0.25) is 0 Å². The van der Waals surface area contributed by atoms with Gasteiger partial charge in [-0.25, -0.2) is 4.98 Å². The molecule has 68 heavy (non-hydrogen) atoms. The zero-order valence-corrected chi connectivity index (χ0v) is 42.7. The zero-order chi connectivity index (χ0) is 46.7. The molecule has 11 aromatic rings. The maximum atomic E-state index is 12.7. The molecule has 0 aliphatic rings. The van der Waals surface area contributed by atoms with Crippen molar-refractivity contribution in [3.63, 3.8) is 0 Å². The first kappa shape index (κ1) is 45.2. The number of aromatic hydroxyl groups is 1. The van der Waals surface area contributed by atoms with E-state index in [0.717, 1.165) is 93.5 Å². The van der Waals surface area contributed by atoms with Crippen LogP contribution in [0, 0.1) is 6.07 Å². The van der Waals surface area contributed by atoms with E-state index in [4.69, 9.17) is 14.4 Å². The standard InChI is InChI=1S/C62H56N3O2.Pt/c1-35(2)45-29-38(37-19-12-11-13-20-37)30-46(36(3)4)58(45)65-53-25-18-24-44(57(53)64-60(65)50-31-39(61(5,6)7)32-51(59(50)66)62(8,9)10)52-28-27-43-40-21-14-15-22-41(40)47-33-48-42-23-16-17-26-54(42)67-55(48)34-49(47)56(43)63-52;/h11-33,35-36,66H,1-10H3;/q-1;. The molecule has 0 atom stereocenters. The predicted octanol–water partition coefficient (Wildman–Crippen LogP) is 17.1. The molecule has 0 radical (unpaired) electrons. The molecule has 0 spiro atoms. The van der Waals surface area contributed by atoms with Crippen LogP contribution >= 0.6 is 0 Å². The van der Waals surface area contributed by atoms with Gasteiger partial charge in [-0.2, -0.15) is 0 Å². The van der Waals surface area contributed by atoms with E-state index in [0.29, 0.717) is 11.4 Å². The van der Waals surface area contributed by atoms with E-state index < -0.39 is 0 Å². The van der Waals surface area contributed by atoms with Crippen LogP contribution in [0.2, 0.25) is 0 Å². The molecule has 342 valence electrons. The summed E-state index contributed by atoms with van der Waals surface area (Å²) in [6, 6.07) is 53.3. The summed E-state index contributed by atoms with van der Waals surface area (Å²) in [4.78, 5) is 11.3. The number of para-hydroxylation sites is 2. The number of pyridine rings is 1. The molecule has 11 rings (SSSR count). The Kier molecular flexibility index (Phi) is 11.0. The van der Waals surface area contributed by atoms with E-state index in [-0.39, 0.29) is 49.5 Å². The summed E-state index contributed by atoms with van der Waals surface area (Å²) >= 11 is 0. The number of nitrogens with zero attached hydrogens (tertiary/aromatic N) is 3. The monoisotopic (exact) mass is 1070 g/mol. The quantitative estimate of drug-likeness (QED) is 0.133. The number of rotatable bonds is 6. The number of aromatic nitrogens is 3. The fourth-order valence-corrected chi connectivity index (χ4v) is 10.2. The minimum absolute atomic E-state index is 0. The van der Waals surface area contributed by atoms with E-state index in [9.17, 15) is 5.11 Å². The number of fused-ring (bicyclic) bond motifs is 10. The van der Waals surface area contributed by atoms with Crippen LogP contribution in [0.4, 0.5) is 0 Å². The van der Waals surface area contributed by atoms with Crippen molar-refractivity contribution in [1.29, 1.82) is 0 Å². The van der Waals surface area contributed by atoms with Crippen molar-refractivity contribution >= 4 is 65.4 Å². The van der Waals surface area contributed by atoms with Gasteiger partial charge in [0.05, 0.1) is 33.6 Å². The van der Waals surface area contributed by atoms with Crippen molar-refractivity contribution in [2.75, 3.05) is 0 Å². The average Bonchev–Trinajstić information content (AvgIpc) is 3.88. The molecule has 3 heterocycles. The second kappa shape index (κ2) is 16.6. The van der Waals surface area contributed by atoms with Gasteiger partial charge in [0.15, 0.2) is 0 Å². The van der Waals surface area contributed by atoms with Crippen LogP contribution in [0.1, 0.15) is 103 Å². The maximum Gasteiger partial charge on any atom is 0.149 e. The first-order chi connectivity index (χ1) is 32.1. The van der Waals surface area contributed by atoms with E-state index in [2.05, 4.69) is 207 Å². The molecule has 0 saturated heterocycles. The van der Waals surface area contributed by atoms with Crippen LogP contribution < -0.4 is 0 Å². The van der Waals surface area contributed by atoms with Crippen molar-refractivity contribution in [1.82, 2.24) is 14.5 Å². The normalized spacial score (nSPS) is 12.5. The van der Waals surface area contributed by atoms with Crippen LogP contribution in [0.25, 0.3) is 105 Å². The van der Waals surface area contributed by atoms with Gasteiger partial charge in [-0.05, 0) is 109 Å². The van der Waals surface area contributed by atoms with Gasteiger partial charge in [0, 0.05) is 32.2 Å². The number of hydrogen-bond donors (Lipinski definition) is 1. The third kappa shape index (κ3) is 7.33. The third-order valence-corrected chi connectivity index (χ3v) is 13.8. The molecule has 8 aromatic carbocycles. The van der Waals surface area contributed by atoms with Crippen LogP contribution in [-0.2, 0) is 31.9 Å². The molecule has 0 aliphatic carbocycles. The summed E-state index contributed by atoms with van der Waals surface area (Å²) in [5.41, 5.74) is 14.0. The van der Waals surface area contributed by atoms with Gasteiger partial charge in [0.25, 0.3) is 0 Å². The molecule has 3 aromatic heterocycles. The van der Waals surface area contributed by atoms with Crippen molar-refractivity contribution < 1.29 is 30.6 Å². The van der Waals surface area contributed by atoms with E-state index in [1.807, 2.05) is 12.1 Å². The molecule has 0 fully saturated rings. The van der Waals surface area contributed by atoms with E-state index >= 15 is 0 Å². The molecule has 0 bridgehead atoms.